The zero-order chi connectivity index (χ0) is 25.0. The number of nitrogens with one attached hydrogen (secondary N) is 1. The van der Waals surface area contributed by atoms with Crippen LogP contribution < -0.4 is 5.32 Å². The topological polar surface area (TPSA) is 113 Å². The minimum absolute atomic E-state index is 0.00196. The summed E-state index contributed by atoms with van der Waals surface area (Å²) in [6.45, 7) is 4.80. The van der Waals surface area contributed by atoms with Crippen LogP contribution in [0.3, 0.4) is 0 Å². The number of likely N-dealkylation sites (N-methyl/N-ethyl adjacent to an activating group) is 1. The molecule has 9 heteroatoms. The summed E-state index contributed by atoms with van der Waals surface area (Å²) in [5, 5.41) is 2.75. The van der Waals surface area contributed by atoms with Crippen LogP contribution in [-0.2, 0) is 20.9 Å². The normalized spacial score (nSPS) is 12.9. The van der Waals surface area contributed by atoms with Gasteiger partial charge in [-0.3, -0.25) is 24.1 Å². The zero-order valence-corrected chi connectivity index (χ0v) is 19.6. The largest absolute Gasteiger partial charge is 0.452 e. The molecule has 4 amide bonds. The third-order valence-corrected chi connectivity index (χ3v) is 5.03. The molecule has 0 aromatic heterocycles. The lowest BCUT2D eigenvalue weighted by atomic mass is 10.1. The first-order valence-corrected chi connectivity index (χ1v) is 10.7. The van der Waals surface area contributed by atoms with Crippen molar-refractivity contribution >= 4 is 29.6 Å². The van der Waals surface area contributed by atoms with Crippen molar-refractivity contribution in [2.75, 3.05) is 20.2 Å². The van der Waals surface area contributed by atoms with Crippen LogP contribution in [0.2, 0.25) is 0 Å². The number of rotatable bonds is 7. The van der Waals surface area contributed by atoms with Crippen LogP contribution in [0.4, 0.5) is 0 Å². The first kappa shape index (κ1) is 24.6. The molecule has 178 valence electrons. The van der Waals surface area contributed by atoms with Crippen LogP contribution in [0.1, 0.15) is 57.4 Å². The maximum absolute atomic E-state index is 12.6. The highest BCUT2D eigenvalue weighted by molar-refractivity contribution is 6.21. The SMILES string of the molecule is CN(CC(=O)NC(C)(C)C)C(=O)COC(=O)c1cccc(CN2C(=O)c3ccccc3C2=O)c1. The van der Waals surface area contributed by atoms with Gasteiger partial charge >= 0.3 is 5.97 Å². The number of amides is 4. The van der Waals surface area contributed by atoms with Crippen molar-refractivity contribution in [3.05, 3.63) is 70.8 Å². The molecule has 0 radical (unpaired) electrons. The summed E-state index contributed by atoms with van der Waals surface area (Å²) >= 11 is 0. The molecular formula is C25H27N3O6. The zero-order valence-electron chi connectivity index (χ0n) is 19.6. The van der Waals surface area contributed by atoms with Crippen molar-refractivity contribution in [2.45, 2.75) is 32.9 Å². The van der Waals surface area contributed by atoms with Crippen molar-refractivity contribution in [3.63, 3.8) is 0 Å². The van der Waals surface area contributed by atoms with Gasteiger partial charge in [-0.1, -0.05) is 24.3 Å². The van der Waals surface area contributed by atoms with E-state index in [9.17, 15) is 24.0 Å². The number of nitrogens with zero attached hydrogens (tertiary/aromatic N) is 2. The Labute approximate surface area is 197 Å². The number of fused-ring (bicyclic) bond motifs is 1. The van der Waals surface area contributed by atoms with Gasteiger partial charge in [-0.2, -0.15) is 0 Å². The van der Waals surface area contributed by atoms with Crippen LogP contribution in [0.25, 0.3) is 0 Å². The molecule has 1 N–H and O–H groups in total. The number of imide groups is 1. The highest BCUT2D eigenvalue weighted by atomic mass is 16.5. The number of hydrogen-bond donors (Lipinski definition) is 1. The summed E-state index contributed by atoms with van der Waals surface area (Å²) in [5.74, 6) is -2.37. The second kappa shape index (κ2) is 9.86. The fraction of sp³-hybridized carbons (Fsp3) is 0.320. The van der Waals surface area contributed by atoms with Gasteiger partial charge in [0.25, 0.3) is 17.7 Å². The molecule has 0 saturated carbocycles. The molecule has 9 nitrogen and oxygen atoms in total. The van der Waals surface area contributed by atoms with E-state index in [1.807, 2.05) is 20.8 Å². The van der Waals surface area contributed by atoms with Gasteiger partial charge in [0.05, 0.1) is 29.8 Å². The average Bonchev–Trinajstić information content (AvgIpc) is 3.01. The lowest BCUT2D eigenvalue weighted by Gasteiger charge is -2.23. The van der Waals surface area contributed by atoms with Crippen molar-refractivity contribution in [3.8, 4) is 0 Å². The minimum Gasteiger partial charge on any atom is -0.452 e. The molecule has 0 fully saturated rings. The molecule has 1 aliphatic heterocycles. The van der Waals surface area contributed by atoms with Crippen LogP contribution >= 0.6 is 0 Å². The molecule has 0 spiro atoms. The van der Waals surface area contributed by atoms with E-state index in [4.69, 9.17) is 4.74 Å². The minimum atomic E-state index is -0.731. The molecule has 0 unspecified atom stereocenters. The fourth-order valence-electron chi connectivity index (χ4n) is 3.44. The standard InChI is InChI=1S/C25H27N3O6/c1-25(2,3)26-20(29)14-27(4)21(30)15-34-24(33)17-9-7-8-16(12-17)13-28-22(31)18-10-5-6-11-19(18)23(28)32/h5-12H,13-15H2,1-4H3,(H,26,29). The third-order valence-electron chi connectivity index (χ3n) is 5.03. The van der Waals surface area contributed by atoms with Gasteiger partial charge in [-0.05, 0) is 50.6 Å². The van der Waals surface area contributed by atoms with Gasteiger partial charge in [0.2, 0.25) is 5.91 Å². The average molecular weight is 466 g/mol. The van der Waals surface area contributed by atoms with Crippen molar-refractivity contribution in [1.82, 2.24) is 15.1 Å². The predicted octanol–water partition coefficient (Wildman–Crippen LogP) is 2.01. The fourth-order valence-corrected chi connectivity index (χ4v) is 3.44. The monoisotopic (exact) mass is 465 g/mol. The molecule has 0 atom stereocenters. The van der Waals surface area contributed by atoms with Gasteiger partial charge in [-0.25, -0.2) is 4.79 Å². The molecule has 0 aliphatic carbocycles. The molecule has 3 rings (SSSR count). The van der Waals surface area contributed by atoms with Gasteiger partial charge in [-0.15, -0.1) is 0 Å². The van der Waals surface area contributed by atoms with E-state index in [1.54, 1.807) is 36.4 Å². The summed E-state index contributed by atoms with van der Waals surface area (Å²) in [5.41, 5.74) is 1.01. The molecule has 2 aromatic rings. The number of ether oxygens (including phenoxy) is 1. The van der Waals surface area contributed by atoms with E-state index in [0.717, 1.165) is 4.90 Å². The lowest BCUT2D eigenvalue weighted by molar-refractivity contribution is -0.137. The number of benzene rings is 2. The molecule has 34 heavy (non-hydrogen) atoms. The highest BCUT2D eigenvalue weighted by Gasteiger charge is 2.35. The molecule has 1 heterocycles. The maximum atomic E-state index is 12.6. The van der Waals surface area contributed by atoms with E-state index in [1.165, 1.54) is 24.1 Å². The number of esters is 1. The van der Waals surface area contributed by atoms with E-state index >= 15 is 0 Å². The summed E-state index contributed by atoms with van der Waals surface area (Å²) in [6, 6.07) is 12.9. The summed E-state index contributed by atoms with van der Waals surface area (Å²) in [4.78, 5) is 64.1. The summed E-state index contributed by atoms with van der Waals surface area (Å²) in [6.07, 6.45) is 0. The Morgan fingerprint density at radius 2 is 1.59 bits per heavy atom. The Hall–Kier alpha value is -4.01. The summed E-state index contributed by atoms with van der Waals surface area (Å²) < 4.78 is 5.10. The van der Waals surface area contributed by atoms with E-state index in [2.05, 4.69) is 5.32 Å². The Morgan fingerprint density at radius 1 is 0.971 bits per heavy atom. The van der Waals surface area contributed by atoms with Crippen molar-refractivity contribution in [2.24, 2.45) is 0 Å². The number of carbonyl (C=O) groups excluding carboxylic acids is 5. The van der Waals surface area contributed by atoms with Crippen LogP contribution in [0.5, 0.6) is 0 Å². The van der Waals surface area contributed by atoms with E-state index < -0.39 is 35.8 Å². The van der Waals surface area contributed by atoms with Gasteiger partial charge in [0.1, 0.15) is 0 Å². The van der Waals surface area contributed by atoms with Crippen LogP contribution in [0.15, 0.2) is 48.5 Å². The van der Waals surface area contributed by atoms with Crippen molar-refractivity contribution in [1.29, 1.82) is 0 Å². The molecule has 1 aliphatic rings. The smallest absolute Gasteiger partial charge is 0.338 e. The second-order valence-electron chi connectivity index (χ2n) is 9.07. The Bertz CT molecular complexity index is 1120. The van der Waals surface area contributed by atoms with Gasteiger partial charge in [0.15, 0.2) is 6.61 Å². The van der Waals surface area contributed by atoms with Crippen LogP contribution in [0, 0.1) is 0 Å². The molecule has 0 saturated heterocycles. The quantitative estimate of drug-likeness (QED) is 0.494. The molecule has 0 bridgehead atoms. The first-order valence-electron chi connectivity index (χ1n) is 10.7. The number of hydrogen-bond acceptors (Lipinski definition) is 6. The Morgan fingerprint density at radius 3 is 2.18 bits per heavy atom. The van der Waals surface area contributed by atoms with Crippen molar-refractivity contribution < 1.29 is 28.7 Å². The van der Waals surface area contributed by atoms with Gasteiger partial charge < -0.3 is 15.0 Å². The maximum Gasteiger partial charge on any atom is 0.338 e. The van der Waals surface area contributed by atoms with E-state index in [0.29, 0.717) is 16.7 Å². The molecule has 2 aromatic carbocycles. The van der Waals surface area contributed by atoms with Gasteiger partial charge in [0, 0.05) is 12.6 Å². The summed E-state index contributed by atoms with van der Waals surface area (Å²) in [7, 11) is 1.45. The predicted molar refractivity (Wildman–Crippen MR) is 123 cm³/mol. The van der Waals surface area contributed by atoms with Crippen LogP contribution in [-0.4, -0.2) is 65.1 Å². The Balaban J connectivity index is 1.57. The van der Waals surface area contributed by atoms with E-state index in [-0.39, 0.29) is 24.6 Å². The number of carbonyl (C=O) groups is 5. The highest BCUT2D eigenvalue weighted by Crippen LogP contribution is 2.24. The molecular weight excluding hydrogens is 438 g/mol. The Kier molecular flexibility index (Phi) is 7.14. The lowest BCUT2D eigenvalue weighted by Crippen LogP contribution is -2.46. The second-order valence-corrected chi connectivity index (χ2v) is 9.07. The third kappa shape index (κ3) is 5.86. The first-order chi connectivity index (χ1) is 16.0.